The van der Waals surface area contributed by atoms with Crippen LogP contribution in [0.25, 0.3) is 21.9 Å². The van der Waals surface area contributed by atoms with E-state index in [0.29, 0.717) is 24.4 Å². The summed E-state index contributed by atoms with van der Waals surface area (Å²) >= 11 is 0. The molecule has 0 unspecified atom stereocenters. The minimum absolute atomic E-state index is 0.0684. The third-order valence-electron chi connectivity index (χ3n) is 6.13. The number of fused-ring (bicyclic) bond motifs is 1. The van der Waals surface area contributed by atoms with Crippen LogP contribution in [0.5, 0.6) is 0 Å². The second-order valence-corrected chi connectivity index (χ2v) is 8.77. The average Bonchev–Trinajstić information content (AvgIpc) is 3.27. The molecule has 4 rings (SSSR count). The number of likely N-dealkylation sites (N-methyl/N-ethyl adjacent to an activating group) is 1. The number of likely N-dealkylation sites (tertiary alicyclic amines) is 1. The van der Waals surface area contributed by atoms with Crippen LogP contribution in [-0.2, 0) is 11.2 Å². The smallest absolute Gasteiger partial charge is 0.255 e. The lowest BCUT2D eigenvalue weighted by molar-refractivity contribution is -0.124. The third-order valence-corrected chi connectivity index (χ3v) is 6.13. The summed E-state index contributed by atoms with van der Waals surface area (Å²) in [5, 5.41) is 4.68. The highest BCUT2D eigenvalue weighted by Gasteiger charge is 2.34. The second kappa shape index (κ2) is 8.93. The van der Waals surface area contributed by atoms with E-state index in [4.69, 9.17) is 0 Å². The zero-order valence-corrected chi connectivity index (χ0v) is 18.5. The molecule has 1 aliphatic heterocycles. The molecule has 4 nitrogen and oxygen atoms in total. The Morgan fingerprint density at radius 2 is 1.71 bits per heavy atom. The van der Waals surface area contributed by atoms with Crippen molar-refractivity contribution in [3.8, 4) is 11.1 Å². The van der Waals surface area contributed by atoms with E-state index in [1.807, 2.05) is 30.3 Å². The maximum atomic E-state index is 13.4. The van der Waals surface area contributed by atoms with E-state index < -0.39 is 0 Å². The maximum Gasteiger partial charge on any atom is 0.255 e. The van der Waals surface area contributed by atoms with Gasteiger partial charge in [-0.3, -0.25) is 9.59 Å². The molecular weight excluding hydrogens is 384 g/mol. The number of rotatable bonds is 5. The van der Waals surface area contributed by atoms with Crippen LogP contribution < -0.4 is 5.32 Å². The first kappa shape index (κ1) is 21.1. The van der Waals surface area contributed by atoms with Gasteiger partial charge in [-0.15, -0.1) is 0 Å². The Balaban J connectivity index is 1.72. The van der Waals surface area contributed by atoms with Gasteiger partial charge in [0.1, 0.15) is 6.04 Å². The molecule has 1 atom stereocenters. The van der Waals surface area contributed by atoms with Gasteiger partial charge in [-0.2, -0.15) is 0 Å². The highest BCUT2D eigenvalue weighted by molar-refractivity contribution is 6.11. The Kier molecular flexibility index (Phi) is 6.08. The summed E-state index contributed by atoms with van der Waals surface area (Å²) in [5.74, 6) is 0.468. The summed E-state index contributed by atoms with van der Waals surface area (Å²) in [6, 6.07) is 20.4. The molecule has 160 valence electrons. The number of carbonyl (C=O) groups is 2. The number of benzene rings is 3. The van der Waals surface area contributed by atoms with E-state index in [1.54, 1.807) is 11.9 Å². The lowest BCUT2D eigenvalue weighted by Gasteiger charge is -2.24. The average molecular weight is 415 g/mol. The van der Waals surface area contributed by atoms with E-state index in [-0.39, 0.29) is 17.9 Å². The van der Waals surface area contributed by atoms with Crippen LogP contribution in [0.3, 0.4) is 0 Å². The SMILES string of the molecule is CNC(=O)[C@@H]1CCCN1C(=O)c1ccc(-c2ccc(CC(C)C)cc2)c2ccccc12. The monoisotopic (exact) mass is 414 g/mol. The van der Waals surface area contributed by atoms with Gasteiger partial charge in [0.2, 0.25) is 5.91 Å². The van der Waals surface area contributed by atoms with E-state index in [9.17, 15) is 9.59 Å². The Labute approximate surface area is 184 Å². The molecule has 31 heavy (non-hydrogen) atoms. The molecule has 1 N–H and O–H groups in total. The Hall–Kier alpha value is -3.14. The lowest BCUT2D eigenvalue weighted by Crippen LogP contribution is -2.44. The standard InChI is InChI=1S/C27H30N2O2/c1-18(2)17-19-10-12-20(13-11-19)21-14-15-24(23-8-5-4-7-22(21)23)27(31)29-16-6-9-25(29)26(30)28-3/h4-5,7-8,10-15,18,25H,6,9,16-17H2,1-3H3,(H,28,30)/t25-/m0/s1. The number of nitrogens with one attached hydrogen (secondary N) is 1. The Bertz CT molecular complexity index is 1100. The molecule has 1 saturated heterocycles. The summed E-state index contributed by atoms with van der Waals surface area (Å²) in [5.41, 5.74) is 4.26. The normalized spacial score (nSPS) is 16.1. The number of hydrogen-bond donors (Lipinski definition) is 1. The minimum Gasteiger partial charge on any atom is -0.357 e. The molecule has 0 saturated carbocycles. The van der Waals surface area contributed by atoms with E-state index >= 15 is 0 Å². The highest BCUT2D eigenvalue weighted by atomic mass is 16.2. The lowest BCUT2D eigenvalue weighted by atomic mass is 9.93. The summed E-state index contributed by atoms with van der Waals surface area (Å²) in [6.45, 7) is 5.07. The third kappa shape index (κ3) is 4.20. The molecule has 2 amide bonds. The molecular formula is C27H30N2O2. The van der Waals surface area contributed by atoms with E-state index in [0.717, 1.165) is 34.7 Å². The molecule has 0 aliphatic carbocycles. The van der Waals surface area contributed by atoms with Gasteiger partial charge in [-0.25, -0.2) is 0 Å². The van der Waals surface area contributed by atoms with E-state index in [2.05, 4.69) is 49.5 Å². The number of carbonyl (C=O) groups excluding carboxylic acids is 2. The Morgan fingerprint density at radius 1 is 1.00 bits per heavy atom. The van der Waals surface area contributed by atoms with Crippen molar-refractivity contribution in [3.05, 3.63) is 71.8 Å². The molecule has 0 bridgehead atoms. The summed E-state index contributed by atoms with van der Waals surface area (Å²) in [7, 11) is 1.62. The second-order valence-electron chi connectivity index (χ2n) is 8.77. The van der Waals surface area contributed by atoms with Gasteiger partial charge in [-0.05, 0) is 58.7 Å². The van der Waals surface area contributed by atoms with E-state index in [1.165, 1.54) is 5.56 Å². The number of amides is 2. The molecule has 4 heteroatoms. The predicted molar refractivity (Wildman–Crippen MR) is 126 cm³/mol. The number of hydrogen-bond acceptors (Lipinski definition) is 2. The van der Waals surface area contributed by atoms with Crippen LogP contribution in [0, 0.1) is 5.92 Å². The van der Waals surface area contributed by atoms with Crippen LogP contribution in [0.4, 0.5) is 0 Å². The number of nitrogens with zero attached hydrogens (tertiary/aromatic N) is 1. The van der Waals surface area contributed by atoms with Crippen molar-refractivity contribution in [2.45, 2.75) is 39.2 Å². The molecule has 3 aromatic rings. The van der Waals surface area contributed by atoms with Gasteiger partial charge in [0.25, 0.3) is 5.91 Å². The molecule has 0 spiro atoms. The summed E-state index contributed by atoms with van der Waals surface area (Å²) in [6.07, 6.45) is 2.63. The first-order valence-electron chi connectivity index (χ1n) is 11.1. The van der Waals surface area contributed by atoms with Crippen molar-refractivity contribution in [1.29, 1.82) is 0 Å². The van der Waals surface area contributed by atoms with Crippen LogP contribution in [-0.4, -0.2) is 36.3 Å². The molecule has 0 radical (unpaired) electrons. The molecule has 0 aromatic heterocycles. The molecule has 1 aliphatic rings. The van der Waals surface area contributed by atoms with Gasteiger partial charge >= 0.3 is 0 Å². The molecule has 1 fully saturated rings. The zero-order chi connectivity index (χ0) is 22.0. The summed E-state index contributed by atoms with van der Waals surface area (Å²) in [4.78, 5) is 27.4. The van der Waals surface area contributed by atoms with Gasteiger partial charge in [0, 0.05) is 19.2 Å². The quantitative estimate of drug-likeness (QED) is 0.635. The minimum atomic E-state index is -0.385. The fraction of sp³-hybridized carbons (Fsp3) is 0.333. The largest absolute Gasteiger partial charge is 0.357 e. The van der Waals surface area contributed by atoms with Crippen molar-refractivity contribution in [1.82, 2.24) is 10.2 Å². The van der Waals surface area contributed by atoms with Crippen LogP contribution >= 0.6 is 0 Å². The van der Waals surface area contributed by atoms with Gasteiger partial charge in [-0.1, -0.05) is 68.4 Å². The van der Waals surface area contributed by atoms with Crippen molar-refractivity contribution in [3.63, 3.8) is 0 Å². The van der Waals surface area contributed by atoms with Gasteiger partial charge in [0.05, 0.1) is 0 Å². The zero-order valence-electron chi connectivity index (χ0n) is 18.5. The highest BCUT2D eigenvalue weighted by Crippen LogP contribution is 2.33. The molecule has 1 heterocycles. The van der Waals surface area contributed by atoms with Crippen LogP contribution in [0.2, 0.25) is 0 Å². The summed E-state index contributed by atoms with van der Waals surface area (Å²) < 4.78 is 0. The predicted octanol–water partition coefficient (Wildman–Crippen LogP) is 5.06. The van der Waals surface area contributed by atoms with Crippen molar-refractivity contribution >= 4 is 22.6 Å². The first-order chi connectivity index (χ1) is 15.0. The van der Waals surface area contributed by atoms with Gasteiger partial charge < -0.3 is 10.2 Å². The fourth-order valence-electron chi connectivity index (χ4n) is 4.63. The van der Waals surface area contributed by atoms with Crippen molar-refractivity contribution in [2.24, 2.45) is 5.92 Å². The topological polar surface area (TPSA) is 49.4 Å². The van der Waals surface area contributed by atoms with Crippen molar-refractivity contribution in [2.75, 3.05) is 13.6 Å². The fourth-order valence-corrected chi connectivity index (χ4v) is 4.63. The maximum absolute atomic E-state index is 13.4. The van der Waals surface area contributed by atoms with Crippen LogP contribution in [0.1, 0.15) is 42.6 Å². The Morgan fingerprint density at radius 3 is 2.39 bits per heavy atom. The first-order valence-corrected chi connectivity index (χ1v) is 11.1. The van der Waals surface area contributed by atoms with Gasteiger partial charge in [0.15, 0.2) is 0 Å². The van der Waals surface area contributed by atoms with Crippen molar-refractivity contribution < 1.29 is 9.59 Å². The molecule has 3 aromatic carbocycles. The van der Waals surface area contributed by atoms with Crippen LogP contribution in [0.15, 0.2) is 60.7 Å².